The van der Waals surface area contributed by atoms with Crippen molar-refractivity contribution in [2.45, 2.75) is 26.3 Å². The zero-order valence-corrected chi connectivity index (χ0v) is 11.9. The van der Waals surface area contributed by atoms with Gasteiger partial charge in [0.1, 0.15) is 11.5 Å². The Hall–Kier alpha value is -1.51. The maximum absolute atomic E-state index is 6.03. The normalized spacial score (nSPS) is 12.2. The summed E-state index contributed by atoms with van der Waals surface area (Å²) in [4.78, 5) is 0. The van der Waals surface area contributed by atoms with Crippen LogP contribution >= 0.6 is 11.6 Å². The lowest BCUT2D eigenvalue weighted by molar-refractivity contribution is 0.480. The molecule has 0 saturated heterocycles. The first-order valence-corrected chi connectivity index (χ1v) is 6.77. The third-order valence-electron chi connectivity index (χ3n) is 3.09. The molecule has 2 N–H and O–H groups in total. The molecule has 0 aliphatic heterocycles. The Bertz CT molecular complexity index is 568. The lowest BCUT2D eigenvalue weighted by Crippen LogP contribution is -2.08. The van der Waals surface area contributed by atoms with E-state index < -0.39 is 0 Å². The van der Waals surface area contributed by atoms with Gasteiger partial charge in [0.05, 0.1) is 0 Å². The molecule has 0 spiro atoms. The third-order valence-corrected chi connectivity index (χ3v) is 3.52. The predicted molar refractivity (Wildman–Crippen MR) is 79.9 cm³/mol. The van der Waals surface area contributed by atoms with Crippen LogP contribution in [0.15, 0.2) is 42.5 Å². The smallest absolute Gasteiger partial charge is 0.127 e. The summed E-state index contributed by atoms with van der Waals surface area (Å²) < 4.78 is 5.84. The lowest BCUT2D eigenvalue weighted by Gasteiger charge is -2.12. The standard InChI is InChI=1S/C16H18ClNO/c1-3-16(18)12-5-4-6-13(10-12)19-14-7-8-15(17)11(2)9-14/h4-10,16H,3,18H2,1-2H3. The van der Waals surface area contributed by atoms with E-state index in [1.54, 1.807) is 0 Å². The summed E-state index contributed by atoms with van der Waals surface area (Å²) in [5.74, 6) is 1.58. The summed E-state index contributed by atoms with van der Waals surface area (Å²) in [6.07, 6.45) is 0.906. The minimum absolute atomic E-state index is 0.0514. The van der Waals surface area contributed by atoms with Crippen LogP contribution in [-0.2, 0) is 0 Å². The molecule has 0 saturated carbocycles. The van der Waals surface area contributed by atoms with Crippen LogP contribution in [-0.4, -0.2) is 0 Å². The highest BCUT2D eigenvalue weighted by molar-refractivity contribution is 6.31. The number of hydrogen-bond donors (Lipinski definition) is 1. The van der Waals surface area contributed by atoms with E-state index in [0.717, 1.165) is 34.1 Å². The van der Waals surface area contributed by atoms with Crippen LogP contribution in [0.1, 0.15) is 30.5 Å². The molecule has 2 nitrogen and oxygen atoms in total. The lowest BCUT2D eigenvalue weighted by atomic mass is 10.1. The number of rotatable bonds is 4. The quantitative estimate of drug-likeness (QED) is 0.866. The van der Waals surface area contributed by atoms with Gasteiger partial charge in [-0.1, -0.05) is 30.7 Å². The summed E-state index contributed by atoms with van der Waals surface area (Å²) in [6, 6.07) is 13.6. The molecule has 0 aliphatic rings. The fraction of sp³-hybridized carbons (Fsp3) is 0.250. The number of benzene rings is 2. The van der Waals surface area contributed by atoms with E-state index in [4.69, 9.17) is 22.1 Å². The minimum atomic E-state index is 0.0514. The Kier molecular flexibility index (Phi) is 4.46. The molecular formula is C16H18ClNO. The molecule has 0 aromatic heterocycles. The highest BCUT2D eigenvalue weighted by Gasteiger charge is 2.05. The van der Waals surface area contributed by atoms with Crippen molar-refractivity contribution in [2.24, 2.45) is 5.73 Å². The van der Waals surface area contributed by atoms with E-state index in [1.807, 2.05) is 49.4 Å². The summed E-state index contributed by atoms with van der Waals surface area (Å²) in [7, 11) is 0. The molecule has 0 aliphatic carbocycles. The zero-order chi connectivity index (χ0) is 13.8. The highest BCUT2D eigenvalue weighted by atomic mass is 35.5. The van der Waals surface area contributed by atoms with E-state index in [1.165, 1.54) is 0 Å². The van der Waals surface area contributed by atoms with Crippen LogP contribution in [0.25, 0.3) is 0 Å². The van der Waals surface area contributed by atoms with Crippen molar-refractivity contribution in [2.75, 3.05) is 0 Å². The molecule has 0 amide bonds. The van der Waals surface area contributed by atoms with E-state index in [2.05, 4.69) is 6.92 Å². The molecule has 0 heterocycles. The van der Waals surface area contributed by atoms with E-state index in [9.17, 15) is 0 Å². The second-order valence-electron chi connectivity index (χ2n) is 4.60. The van der Waals surface area contributed by atoms with Gasteiger partial charge in [-0.3, -0.25) is 0 Å². The molecule has 0 radical (unpaired) electrons. The average molecular weight is 276 g/mol. The Morgan fingerprint density at radius 3 is 2.58 bits per heavy atom. The van der Waals surface area contributed by atoms with Crippen molar-refractivity contribution in [3.8, 4) is 11.5 Å². The monoisotopic (exact) mass is 275 g/mol. The minimum Gasteiger partial charge on any atom is -0.457 e. The van der Waals surface area contributed by atoms with Crippen LogP contribution < -0.4 is 10.5 Å². The van der Waals surface area contributed by atoms with E-state index in [-0.39, 0.29) is 6.04 Å². The number of nitrogens with two attached hydrogens (primary N) is 1. The van der Waals surface area contributed by atoms with Crippen molar-refractivity contribution >= 4 is 11.6 Å². The maximum Gasteiger partial charge on any atom is 0.127 e. The Balaban J connectivity index is 2.20. The molecule has 0 fully saturated rings. The van der Waals surface area contributed by atoms with Gasteiger partial charge in [-0.15, -0.1) is 0 Å². The first-order chi connectivity index (χ1) is 9.10. The summed E-state index contributed by atoms with van der Waals surface area (Å²) in [6.45, 7) is 4.03. The van der Waals surface area contributed by atoms with Crippen molar-refractivity contribution in [3.63, 3.8) is 0 Å². The number of halogens is 1. The van der Waals surface area contributed by atoms with Gasteiger partial charge < -0.3 is 10.5 Å². The van der Waals surface area contributed by atoms with Gasteiger partial charge in [0.2, 0.25) is 0 Å². The predicted octanol–water partition coefficient (Wildman–Crippen LogP) is 4.85. The molecule has 2 aromatic rings. The van der Waals surface area contributed by atoms with Gasteiger partial charge in [-0.25, -0.2) is 0 Å². The molecule has 2 rings (SSSR count). The van der Waals surface area contributed by atoms with Crippen LogP contribution in [0.2, 0.25) is 5.02 Å². The molecule has 0 bridgehead atoms. The van der Waals surface area contributed by atoms with Crippen molar-refractivity contribution < 1.29 is 4.74 Å². The third kappa shape index (κ3) is 3.49. The van der Waals surface area contributed by atoms with Gasteiger partial charge in [0, 0.05) is 11.1 Å². The molecule has 2 aromatic carbocycles. The molecule has 3 heteroatoms. The largest absolute Gasteiger partial charge is 0.457 e. The molecule has 1 atom stereocenters. The molecule has 1 unspecified atom stereocenters. The first kappa shape index (κ1) is 13.9. The van der Waals surface area contributed by atoms with Gasteiger partial charge in [0.15, 0.2) is 0 Å². The van der Waals surface area contributed by atoms with Gasteiger partial charge >= 0.3 is 0 Å². The Morgan fingerprint density at radius 1 is 1.16 bits per heavy atom. The zero-order valence-electron chi connectivity index (χ0n) is 11.2. The van der Waals surface area contributed by atoms with E-state index >= 15 is 0 Å². The number of aryl methyl sites for hydroxylation is 1. The van der Waals surface area contributed by atoms with Crippen molar-refractivity contribution in [1.29, 1.82) is 0 Å². The highest BCUT2D eigenvalue weighted by Crippen LogP contribution is 2.27. The molecule has 19 heavy (non-hydrogen) atoms. The number of ether oxygens (including phenoxy) is 1. The average Bonchev–Trinajstić information content (AvgIpc) is 2.42. The summed E-state index contributed by atoms with van der Waals surface area (Å²) in [5.41, 5.74) is 8.12. The molecular weight excluding hydrogens is 258 g/mol. The topological polar surface area (TPSA) is 35.2 Å². The fourth-order valence-corrected chi connectivity index (χ4v) is 1.98. The summed E-state index contributed by atoms with van der Waals surface area (Å²) >= 11 is 6.00. The van der Waals surface area contributed by atoms with Crippen LogP contribution in [0.3, 0.4) is 0 Å². The molecule has 100 valence electrons. The van der Waals surface area contributed by atoms with Gasteiger partial charge in [0.25, 0.3) is 0 Å². The second-order valence-corrected chi connectivity index (χ2v) is 5.01. The van der Waals surface area contributed by atoms with Crippen LogP contribution in [0, 0.1) is 6.92 Å². The van der Waals surface area contributed by atoms with Crippen molar-refractivity contribution in [3.05, 3.63) is 58.6 Å². The van der Waals surface area contributed by atoms with Gasteiger partial charge in [-0.2, -0.15) is 0 Å². The van der Waals surface area contributed by atoms with Crippen molar-refractivity contribution in [1.82, 2.24) is 0 Å². The van der Waals surface area contributed by atoms with Crippen LogP contribution in [0.5, 0.6) is 11.5 Å². The Labute approximate surface area is 119 Å². The second kappa shape index (κ2) is 6.09. The van der Waals surface area contributed by atoms with E-state index in [0.29, 0.717) is 0 Å². The summed E-state index contributed by atoms with van der Waals surface area (Å²) in [5, 5.41) is 0.745. The SMILES string of the molecule is CCC(N)c1cccc(Oc2ccc(Cl)c(C)c2)c1. The number of hydrogen-bond acceptors (Lipinski definition) is 2. The van der Waals surface area contributed by atoms with Gasteiger partial charge in [-0.05, 0) is 54.8 Å². The van der Waals surface area contributed by atoms with Crippen LogP contribution in [0.4, 0.5) is 0 Å². The first-order valence-electron chi connectivity index (χ1n) is 6.39. The Morgan fingerprint density at radius 2 is 1.89 bits per heavy atom. The fourth-order valence-electron chi connectivity index (χ4n) is 1.86. The maximum atomic E-state index is 6.03.